The molecule has 1 aliphatic rings. The van der Waals surface area contributed by atoms with Gasteiger partial charge >= 0.3 is 0 Å². The van der Waals surface area contributed by atoms with Gasteiger partial charge in [-0.05, 0) is 67.0 Å². The Morgan fingerprint density at radius 2 is 2.00 bits per heavy atom. The minimum Gasteiger partial charge on any atom is -0.339 e. The Bertz CT molecular complexity index is 1060. The molecule has 154 valence electrons. The maximum atomic E-state index is 12.8. The van der Waals surface area contributed by atoms with Crippen molar-refractivity contribution in [2.24, 2.45) is 5.92 Å². The third-order valence-corrected chi connectivity index (χ3v) is 5.69. The standard InChI is InChI=1S/C24H26N4O2/c1-2-11-28(24(30)20-4-3-10-25-16-20)12-9-17-13-18-5-6-19(15-21(18)14-17)22-7-8-23(29)27-26-22/h3-8,10,15-17H,2,9,11-14H2,1H3,(H,27,29). The average Bonchev–Trinajstić information content (AvgIpc) is 3.19. The third kappa shape index (κ3) is 4.48. The van der Waals surface area contributed by atoms with Gasteiger partial charge in [0.2, 0.25) is 0 Å². The van der Waals surface area contributed by atoms with E-state index in [1.54, 1.807) is 24.5 Å². The van der Waals surface area contributed by atoms with Crippen LogP contribution in [0.3, 0.4) is 0 Å². The summed E-state index contributed by atoms with van der Waals surface area (Å²) in [5.41, 5.74) is 4.96. The average molecular weight is 402 g/mol. The predicted molar refractivity (Wildman–Crippen MR) is 116 cm³/mol. The van der Waals surface area contributed by atoms with E-state index < -0.39 is 0 Å². The van der Waals surface area contributed by atoms with Crippen LogP contribution in [-0.2, 0) is 12.8 Å². The molecule has 0 bridgehead atoms. The highest BCUT2D eigenvalue weighted by molar-refractivity contribution is 5.93. The molecule has 1 aromatic carbocycles. The van der Waals surface area contributed by atoms with Gasteiger partial charge in [-0.3, -0.25) is 14.6 Å². The molecule has 0 saturated carbocycles. The van der Waals surface area contributed by atoms with Crippen molar-refractivity contribution >= 4 is 5.91 Å². The van der Waals surface area contributed by atoms with Gasteiger partial charge < -0.3 is 4.90 Å². The molecule has 0 radical (unpaired) electrons. The van der Waals surface area contributed by atoms with Crippen LogP contribution in [0.1, 0.15) is 41.3 Å². The monoisotopic (exact) mass is 402 g/mol. The number of hydrogen-bond donors (Lipinski definition) is 1. The van der Waals surface area contributed by atoms with Crippen molar-refractivity contribution in [3.8, 4) is 11.3 Å². The third-order valence-electron chi connectivity index (χ3n) is 5.69. The van der Waals surface area contributed by atoms with E-state index >= 15 is 0 Å². The van der Waals surface area contributed by atoms with Crippen molar-refractivity contribution in [2.45, 2.75) is 32.6 Å². The smallest absolute Gasteiger partial charge is 0.264 e. The van der Waals surface area contributed by atoms with E-state index in [-0.39, 0.29) is 11.5 Å². The zero-order valence-corrected chi connectivity index (χ0v) is 17.2. The number of rotatable bonds is 7. The fourth-order valence-electron chi connectivity index (χ4n) is 4.17. The Morgan fingerprint density at radius 1 is 1.13 bits per heavy atom. The SMILES string of the molecule is CCCN(CCC1Cc2ccc(-c3ccc(=O)[nH]n3)cc2C1)C(=O)c1cccnc1. The second kappa shape index (κ2) is 9.03. The van der Waals surface area contributed by atoms with Crippen LogP contribution in [-0.4, -0.2) is 39.1 Å². The number of carbonyl (C=O) groups is 1. The maximum Gasteiger partial charge on any atom is 0.264 e. The van der Waals surface area contributed by atoms with Crippen LogP contribution in [0.15, 0.2) is 59.7 Å². The quantitative estimate of drug-likeness (QED) is 0.656. The number of hydrogen-bond acceptors (Lipinski definition) is 4. The van der Waals surface area contributed by atoms with Gasteiger partial charge in [-0.15, -0.1) is 0 Å². The van der Waals surface area contributed by atoms with Crippen molar-refractivity contribution in [3.05, 3.63) is 81.9 Å². The molecule has 6 heteroatoms. The van der Waals surface area contributed by atoms with E-state index in [4.69, 9.17) is 0 Å². The van der Waals surface area contributed by atoms with Crippen molar-refractivity contribution in [3.63, 3.8) is 0 Å². The first-order valence-corrected chi connectivity index (χ1v) is 10.5. The number of amides is 1. The fourth-order valence-corrected chi connectivity index (χ4v) is 4.17. The van der Waals surface area contributed by atoms with Crippen molar-refractivity contribution in [2.75, 3.05) is 13.1 Å². The fraction of sp³-hybridized carbons (Fsp3) is 0.333. The summed E-state index contributed by atoms with van der Waals surface area (Å²) >= 11 is 0. The zero-order chi connectivity index (χ0) is 20.9. The van der Waals surface area contributed by atoms with Crippen LogP contribution < -0.4 is 5.56 Å². The Morgan fingerprint density at radius 3 is 2.73 bits per heavy atom. The summed E-state index contributed by atoms with van der Waals surface area (Å²) in [5, 5.41) is 6.63. The minimum absolute atomic E-state index is 0.0619. The van der Waals surface area contributed by atoms with Crippen LogP contribution >= 0.6 is 0 Å². The number of aromatic amines is 1. The Kier molecular flexibility index (Phi) is 6.02. The number of nitrogens with one attached hydrogen (secondary N) is 1. The van der Waals surface area contributed by atoms with Gasteiger partial charge in [0, 0.05) is 37.1 Å². The molecule has 6 nitrogen and oxygen atoms in total. The molecule has 1 unspecified atom stereocenters. The highest BCUT2D eigenvalue weighted by atomic mass is 16.2. The molecular formula is C24H26N4O2. The minimum atomic E-state index is -0.197. The summed E-state index contributed by atoms with van der Waals surface area (Å²) in [5.74, 6) is 0.590. The van der Waals surface area contributed by atoms with Crippen LogP contribution in [0.4, 0.5) is 0 Å². The first-order chi connectivity index (χ1) is 14.6. The number of aromatic nitrogens is 3. The summed E-state index contributed by atoms with van der Waals surface area (Å²) in [7, 11) is 0. The van der Waals surface area contributed by atoms with E-state index in [0.29, 0.717) is 11.5 Å². The summed E-state index contributed by atoms with van der Waals surface area (Å²) in [6.45, 7) is 3.62. The topological polar surface area (TPSA) is 79.0 Å². The lowest BCUT2D eigenvalue weighted by molar-refractivity contribution is 0.0746. The molecule has 0 spiro atoms. The lowest BCUT2D eigenvalue weighted by Crippen LogP contribution is -2.33. The van der Waals surface area contributed by atoms with Crippen molar-refractivity contribution in [1.29, 1.82) is 0 Å². The number of fused-ring (bicyclic) bond motifs is 1. The van der Waals surface area contributed by atoms with Crippen LogP contribution in [0.5, 0.6) is 0 Å². The number of pyridine rings is 1. The second-order valence-corrected chi connectivity index (χ2v) is 7.89. The number of nitrogens with zero attached hydrogens (tertiary/aromatic N) is 3. The number of H-pyrrole nitrogens is 1. The van der Waals surface area contributed by atoms with E-state index in [0.717, 1.165) is 50.0 Å². The molecule has 3 aromatic rings. The van der Waals surface area contributed by atoms with Crippen LogP contribution in [0.2, 0.25) is 0 Å². The number of benzene rings is 1. The van der Waals surface area contributed by atoms with Gasteiger partial charge in [0.05, 0.1) is 11.3 Å². The zero-order valence-electron chi connectivity index (χ0n) is 17.2. The molecule has 2 heterocycles. The highest BCUT2D eigenvalue weighted by Gasteiger charge is 2.24. The van der Waals surface area contributed by atoms with Gasteiger partial charge in [-0.25, -0.2) is 5.10 Å². The molecule has 30 heavy (non-hydrogen) atoms. The molecule has 4 rings (SSSR count). The molecule has 1 N–H and O–H groups in total. The summed E-state index contributed by atoms with van der Waals surface area (Å²) < 4.78 is 0. The summed E-state index contributed by atoms with van der Waals surface area (Å²) in [6.07, 6.45) is 7.29. The molecule has 2 aromatic heterocycles. The van der Waals surface area contributed by atoms with Gasteiger partial charge in [-0.2, -0.15) is 5.10 Å². The van der Waals surface area contributed by atoms with Crippen molar-refractivity contribution in [1.82, 2.24) is 20.1 Å². The van der Waals surface area contributed by atoms with Gasteiger partial charge in [-0.1, -0.05) is 19.1 Å². The Hall–Kier alpha value is -3.28. The molecule has 0 saturated heterocycles. The largest absolute Gasteiger partial charge is 0.339 e. The van der Waals surface area contributed by atoms with Gasteiger partial charge in [0.25, 0.3) is 11.5 Å². The first-order valence-electron chi connectivity index (χ1n) is 10.5. The Labute approximate surface area is 176 Å². The van der Waals surface area contributed by atoms with Gasteiger partial charge in [0.15, 0.2) is 0 Å². The normalized spacial score (nSPS) is 15.0. The molecule has 1 amide bonds. The second-order valence-electron chi connectivity index (χ2n) is 7.89. The lowest BCUT2D eigenvalue weighted by Gasteiger charge is -2.23. The van der Waals surface area contributed by atoms with E-state index in [2.05, 4.69) is 40.3 Å². The van der Waals surface area contributed by atoms with Crippen LogP contribution in [0.25, 0.3) is 11.3 Å². The first kappa shape index (κ1) is 20.0. The Balaban J connectivity index is 1.40. The van der Waals surface area contributed by atoms with E-state index in [9.17, 15) is 9.59 Å². The van der Waals surface area contributed by atoms with Crippen LogP contribution in [0, 0.1) is 5.92 Å². The van der Waals surface area contributed by atoms with E-state index in [1.807, 2.05) is 11.0 Å². The maximum absolute atomic E-state index is 12.8. The molecule has 0 aliphatic heterocycles. The van der Waals surface area contributed by atoms with Crippen molar-refractivity contribution < 1.29 is 4.79 Å². The van der Waals surface area contributed by atoms with E-state index in [1.165, 1.54) is 17.2 Å². The molecular weight excluding hydrogens is 376 g/mol. The summed E-state index contributed by atoms with van der Waals surface area (Å²) in [4.78, 5) is 30.1. The van der Waals surface area contributed by atoms with Gasteiger partial charge in [0.1, 0.15) is 0 Å². The molecule has 1 atom stereocenters. The highest BCUT2D eigenvalue weighted by Crippen LogP contribution is 2.32. The predicted octanol–water partition coefficient (Wildman–Crippen LogP) is 3.49. The number of carbonyl (C=O) groups excluding carboxylic acids is 1. The molecule has 0 fully saturated rings. The lowest BCUT2D eigenvalue weighted by atomic mass is 10.0. The summed E-state index contributed by atoms with van der Waals surface area (Å²) in [6, 6.07) is 13.3. The molecule has 1 aliphatic carbocycles.